The molecule has 9 heteroatoms. The molecule has 0 saturated heterocycles. The van der Waals surface area contributed by atoms with E-state index in [1.807, 2.05) is 0 Å². The Bertz CT molecular complexity index is 1030. The van der Waals surface area contributed by atoms with Gasteiger partial charge in [0.15, 0.2) is 0 Å². The molecule has 3 aromatic rings. The topological polar surface area (TPSA) is 97.0 Å². The first-order chi connectivity index (χ1) is 11.5. The van der Waals surface area contributed by atoms with E-state index in [0.717, 1.165) is 18.4 Å². The number of nitrogens with zero attached hydrogens (tertiary/aromatic N) is 2. The Morgan fingerprint density at radius 3 is 3.08 bits per heavy atom. The summed E-state index contributed by atoms with van der Waals surface area (Å²) in [7, 11) is -3.83. The van der Waals surface area contributed by atoms with Gasteiger partial charge in [-0.15, -0.1) is 0 Å². The third-order valence-electron chi connectivity index (χ3n) is 3.85. The van der Waals surface area contributed by atoms with Gasteiger partial charge in [-0.2, -0.15) is 0 Å². The van der Waals surface area contributed by atoms with Crippen LogP contribution < -0.4 is 9.46 Å². The van der Waals surface area contributed by atoms with Crippen molar-refractivity contribution in [2.75, 3.05) is 11.3 Å². The average molecular weight is 365 g/mol. The third-order valence-corrected chi connectivity index (χ3v) is 5.57. The van der Waals surface area contributed by atoms with E-state index >= 15 is 0 Å². The Morgan fingerprint density at radius 1 is 1.33 bits per heavy atom. The summed E-state index contributed by atoms with van der Waals surface area (Å²) >= 11 is 6.21. The fraction of sp³-hybridized carbons (Fsp3) is 0.200. The summed E-state index contributed by atoms with van der Waals surface area (Å²) in [5.41, 5.74) is 1.72. The number of benzene rings is 1. The zero-order valence-corrected chi connectivity index (χ0v) is 14.0. The number of hydrogen-bond acceptors (Lipinski definition) is 5. The molecule has 7 nitrogen and oxygen atoms in total. The first-order valence-corrected chi connectivity index (χ1v) is 9.16. The minimum absolute atomic E-state index is 0.0723. The van der Waals surface area contributed by atoms with Crippen LogP contribution in [0.25, 0.3) is 11.0 Å². The summed E-state index contributed by atoms with van der Waals surface area (Å²) in [5, 5.41) is 0.706. The number of nitrogens with one attached hydrogen (secondary N) is 2. The van der Waals surface area contributed by atoms with E-state index in [9.17, 15) is 8.42 Å². The predicted molar refractivity (Wildman–Crippen MR) is 90.0 cm³/mol. The maximum atomic E-state index is 12.7. The van der Waals surface area contributed by atoms with Gasteiger partial charge in [-0.3, -0.25) is 4.72 Å². The highest BCUT2D eigenvalue weighted by atomic mass is 35.5. The second-order valence-corrected chi connectivity index (χ2v) is 7.49. The zero-order valence-electron chi connectivity index (χ0n) is 12.4. The maximum absolute atomic E-state index is 12.7. The number of ether oxygens (including phenoxy) is 1. The molecule has 0 bridgehead atoms. The van der Waals surface area contributed by atoms with Gasteiger partial charge in [0.1, 0.15) is 22.6 Å². The Balaban J connectivity index is 1.74. The molecule has 2 N–H and O–H groups in total. The molecule has 1 aliphatic heterocycles. The van der Waals surface area contributed by atoms with E-state index in [4.69, 9.17) is 16.3 Å². The van der Waals surface area contributed by atoms with E-state index in [1.165, 1.54) is 18.7 Å². The monoisotopic (exact) mass is 364 g/mol. The van der Waals surface area contributed by atoms with E-state index in [1.54, 1.807) is 12.1 Å². The Labute approximate surface area is 143 Å². The Hall–Kier alpha value is -2.32. The molecule has 24 heavy (non-hydrogen) atoms. The fourth-order valence-corrected chi connectivity index (χ4v) is 4.19. The van der Waals surface area contributed by atoms with E-state index in [0.29, 0.717) is 29.1 Å². The molecular formula is C15H13ClN4O3S. The Morgan fingerprint density at radius 2 is 2.21 bits per heavy atom. The number of aromatic amines is 1. The SMILES string of the molecule is O=S(=O)(Nc1cc2c(cc1Cl)OCCC2)c1c[nH]c2ncncc12. The molecule has 0 aliphatic carbocycles. The van der Waals surface area contributed by atoms with Gasteiger partial charge in [0.2, 0.25) is 0 Å². The van der Waals surface area contributed by atoms with Crippen LogP contribution in [0.2, 0.25) is 5.02 Å². The lowest BCUT2D eigenvalue weighted by molar-refractivity contribution is 0.288. The minimum Gasteiger partial charge on any atom is -0.493 e. The molecular weight excluding hydrogens is 352 g/mol. The van der Waals surface area contributed by atoms with Crippen molar-refractivity contribution in [1.82, 2.24) is 15.0 Å². The molecule has 0 unspecified atom stereocenters. The van der Waals surface area contributed by atoms with Crippen LogP contribution in [-0.2, 0) is 16.4 Å². The molecule has 4 rings (SSSR count). The number of H-pyrrole nitrogens is 1. The van der Waals surface area contributed by atoms with Crippen molar-refractivity contribution in [1.29, 1.82) is 0 Å². The molecule has 0 saturated carbocycles. The van der Waals surface area contributed by atoms with Crippen LogP contribution in [0, 0.1) is 0 Å². The lowest BCUT2D eigenvalue weighted by atomic mass is 10.1. The van der Waals surface area contributed by atoms with Crippen molar-refractivity contribution in [2.24, 2.45) is 0 Å². The van der Waals surface area contributed by atoms with Crippen molar-refractivity contribution in [3.05, 3.63) is 41.4 Å². The lowest BCUT2D eigenvalue weighted by Gasteiger charge is -2.19. The van der Waals surface area contributed by atoms with Crippen LogP contribution in [-0.4, -0.2) is 30.0 Å². The Kier molecular flexibility index (Phi) is 3.58. The maximum Gasteiger partial charge on any atom is 0.264 e. The second-order valence-electron chi connectivity index (χ2n) is 5.44. The number of sulfonamides is 1. The van der Waals surface area contributed by atoms with Gasteiger partial charge in [0.05, 0.1) is 22.7 Å². The highest BCUT2D eigenvalue weighted by Crippen LogP contribution is 2.35. The molecule has 0 spiro atoms. The van der Waals surface area contributed by atoms with E-state index < -0.39 is 10.0 Å². The van der Waals surface area contributed by atoms with Gasteiger partial charge < -0.3 is 9.72 Å². The summed E-state index contributed by atoms with van der Waals surface area (Å²) in [4.78, 5) is 10.8. The summed E-state index contributed by atoms with van der Waals surface area (Å²) in [6.07, 6.45) is 5.90. The highest BCUT2D eigenvalue weighted by Gasteiger charge is 2.22. The first kappa shape index (κ1) is 15.2. The van der Waals surface area contributed by atoms with Crippen LogP contribution in [0.15, 0.2) is 35.7 Å². The fourth-order valence-electron chi connectivity index (χ4n) is 2.71. The van der Waals surface area contributed by atoms with E-state index in [2.05, 4.69) is 19.7 Å². The largest absolute Gasteiger partial charge is 0.493 e. The first-order valence-electron chi connectivity index (χ1n) is 7.30. The van der Waals surface area contributed by atoms with Crippen LogP contribution in [0.3, 0.4) is 0 Å². The van der Waals surface area contributed by atoms with Gasteiger partial charge in [0, 0.05) is 18.5 Å². The number of fused-ring (bicyclic) bond motifs is 2. The third kappa shape index (κ3) is 2.57. The minimum atomic E-state index is -3.83. The summed E-state index contributed by atoms with van der Waals surface area (Å²) in [6.45, 7) is 0.643. The molecule has 1 aliphatic rings. The quantitative estimate of drug-likeness (QED) is 0.744. The second kappa shape index (κ2) is 5.64. The van der Waals surface area contributed by atoms with Gasteiger partial charge in [-0.05, 0) is 24.5 Å². The smallest absolute Gasteiger partial charge is 0.264 e. The lowest BCUT2D eigenvalue weighted by Crippen LogP contribution is -2.14. The molecule has 2 aromatic heterocycles. The number of halogens is 1. The zero-order chi connectivity index (χ0) is 16.7. The van der Waals surface area contributed by atoms with Gasteiger partial charge in [-0.25, -0.2) is 18.4 Å². The number of rotatable bonds is 3. The van der Waals surface area contributed by atoms with Gasteiger partial charge in [-0.1, -0.05) is 11.6 Å². The standard InChI is InChI=1S/C15H13ClN4O3S/c16-11-5-13-9(2-1-3-23-13)4-12(11)20-24(21,22)14-7-18-15-10(14)6-17-8-19-15/h4-8,20H,1-3H2,(H,17,18,19). The molecule has 3 heterocycles. The molecule has 1 aromatic carbocycles. The number of aryl methyl sites for hydroxylation is 1. The molecule has 0 amide bonds. The van der Waals surface area contributed by atoms with Crippen molar-refractivity contribution < 1.29 is 13.2 Å². The van der Waals surface area contributed by atoms with Gasteiger partial charge in [0.25, 0.3) is 10.0 Å². The summed E-state index contributed by atoms with van der Waals surface area (Å²) in [5.74, 6) is 0.703. The van der Waals surface area contributed by atoms with Crippen molar-refractivity contribution in [3.8, 4) is 5.75 Å². The molecule has 0 radical (unpaired) electrons. The number of aromatic nitrogens is 3. The average Bonchev–Trinajstić information content (AvgIpc) is 3.00. The highest BCUT2D eigenvalue weighted by molar-refractivity contribution is 7.93. The predicted octanol–water partition coefficient (Wildman–Crippen LogP) is 2.74. The van der Waals surface area contributed by atoms with Crippen LogP contribution in [0.1, 0.15) is 12.0 Å². The van der Waals surface area contributed by atoms with Crippen LogP contribution in [0.5, 0.6) is 5.75 Å². The normalized spacial score (nSPS) is 14.2. The molecule has 0 fully saturated rings. The molecule has 0 atom stereocenters. The van der Waals surface area contributed by atoms with Gasteiger partial charge >= 0.3 is 0 Å². The van der Waals surface area contributed by atoms with Crippen molar-refractivity contribution in [2.45, 2.75) is 17.7 Å². The molecule has 124 valence electrons. The van der Waals surface area contributed by atoms with Crippen molar-refractivity contribution in [3.63, 3.8) is 0 Å². The van der Waals surface area contributed by atoms with Crippen molar-refractivity contribution >= 4 is 38.3 Å². The number of anilines is 1. The van der Waals surface area contributed by atoms with Crippen LogP contribution >= 0.6 is 11.6 Å². The van der Waals surface area contributed by atoms with Crippen LogP contribution in [0.4, 0.5) is 5.69 Å². The number of hydrogen-bond donors (Lipinski definition) is 2. The van der Waals surface area contributed by atoms with E-state index in [-0.39, 0.29) is 9.92 Å². The summed E-state index contributed by atoms with van der Waals surface area (Å²) < 4.78 is 33.5. The summed E-state index contributed by atoms with van der Waals surface area (Å²) in [6, 6.07) is 3.37.